The molecule has 0 heterocycles. The van der Waals surface area contributed by atoms with Crippen molar-refractivity contribution in [3.8, 4) is 0 Å². The lowest BCUT2D eigenvalue weighted by atomic mass is 10.1. The summed E-state index contributed by atoms with van der Waals surface area (Å²) in [6.07, 6.45) is 14.0. The first-order chi connectivity index (χ1) is 18.3. The van der Waals surface area contributed by atoms with Crippen molar-refractivity contribution in [2.45, 2.75) is 65.8 Å². The number of ketones is 1. The molecule has 0 spiro atoms. The molecule has 2 unspecified atom stereocenters. The van der Waals surface area contributed by atoms with Gasteiger partial charge < -0.3 is 32.1 Å². The van der Waals surface area contributed by atoms with E-state index in [0.29, 0.717) is 18.8 Å². The van der Waals surface area contributed by atoms with E-state index < -0.39 is 0 Å². The third-order valence-corrected chi connectivity index (χ3v) is 5.49. The van der Waals surface area contributed by atoms with Crippen LogP contribution in [-0.4, -0.2) is 44.6 Å². The maximum absolute atomic E-state index is 11.2. The lowest BCUT2D eigenvalue weighted by Crippen LogP contribution is -2.22. The topological polar surface area (TPSA) is 125 Å². The number of nitrogens with one attached hydrogen (secondary N) is 6. The van der Waals surface area contributed by atoms with E-state index >= 15 is 0 Å². The Bertz CT molecular complexity index is 920. The zero-order valence-electron chi connectivity index (χ0n) is 24.1. The van der Waals surface area contributed by atoms with Crippen LogP contribution in [0.25, 0.3) is 0 Å². The summed E-state index contributed by atoms with van der Waals surface area (Å²) in [6.45, 7) is 9.44. The van der Waals surface area contributed by atoms with Crippen LogP contribution in [0, 0.1) is 16.7 Å². The van der Waals surface area contributed by atoms with Crippen LogP contribution in [0.5, 0.6) is 0 Å². The van der Waals surface area contributed by atoms with Gasteiger partial charge in [-0.15, -0.1) is 0 Å². The zero-order valence-corrected chi connectivity index (χ0v) is 24.1. The summed E-state index contributed by atoms with van der Waals surface area (Å²) in [5.74, 6) is 0.402. The number of aliphatic imine (C=N–C) groups is 1. The zero-order chi connectivity index (χ0) is 28.6. The number of benzene rings is 1. The summed E-state index contributed by atoms with van der Waals surface area (Å²) < 4.78 is 0. The van der Waals surface area contributed by atoms with Gasteiger partial charge in [0.25, 0.3) is 0 Å². The van der Waals surface area contributed by atoms with E-state index in [1.165, 1.54) is 42.6 Å². The summed E-state index contributed by atoms with van der Waals surface area (Å²) in [5, 5.41) is 26.6. The quantitative estimate of drug-likeness (QED) is 0.112. The van der Waals surface area contributed by atoms with Crippen molar-refractivity contribution < 1.29 is 4.79 Å². The van der Waals surface area contributed by atoms with Crippen LogP contribution in [0.2, 0.25) is 0 Å². The molecule has 0 aromatic heterocycles. The van der Waals surface area contributed by atoms with Gasteiger partial charge in [0.05, 0.1) is 11.8 Å². The summed E-state index contributed by atoms with van der Waals surface area (Å²) in [4.78, 5) is 15.9. The van der Waals surface area contributed by atoms with Crippen LogP contribution >= 0.6 is 0 Å². The van der Waals surface area contributed by atoms with Crippen molar-refractivity contribution in [1.82, 2.24) is 21.3 Å². The first kappa shape index (κ1) is 34.3. The van der Waals surface area contributed by atoms with E-state index in [4.69, 9.17) is 10.8 Å². The predicted molar refractivity (Wildman–Crippen MR) is 163 cm³/mol. The molecule has 8 nitrogen and oxygen atoms in total. The molecule has 210 valence electrons. The first-order valence-electron chi connectivity index (χ1n) is 13.4. The third kappa shape index (κ3) is 16.9. The molecule has 0 aliphatic rings. The normalized spacial score (nSPS) is 13.3. The fraction of sp³-hybridized carbons (Fsp3) is 0.467. The summed E-state index contributed by atoms with van der Waals surface area (Å²) in [7, 11) is 3.69. The Morgan fingerprint density at radius 1 is 1.03 bits per heavy atom. The molecule has 0 bridgehead atoms. The fourth-order valence-electron chi connectivity index (χ4n) is 3.33. The fourth-order valence-corrected chi connectivity index (χ4v) is 3.33. The number of hydrogen-bond donors (Lipinski definition) is 6. The van der Waals surface area contributed by atoms with Crippen LogP contribution in [0.15, 0.2) is 71.4 Å². The monoisotopic (exact) mass is 523 g/mol. The Morgan fingerprint density at radius 3 is 2.26 bits per heavy atom. The molecule has 0 fully saturated rings. The standard InChI is InChI=1S/C19H31N3.C11H18N4O/c1-5-9-16(2)14-22-19(15-20-4)12-13-21-17(3)18-10-7-6-8-11-18;1-3-10(13)11(16)5-7-15-9(4-6-12)8-14-2/h6-8,10-11,13,15-17,20,22H,5,9,12,14H2,1-4H3;5-8,12-15H,3-4H2,1-2H3/b19-15+,21-13?;7-5-,9-8+,12-6?,13-10?. The van der Waals surface area contributed by atoms with Gasteiger partial charge in [0.2, 0.25) is 5.78 Å². The second-order valence-electron chi connectivity index (χ2n) is 8.90. The minimum Gasteiger partial charge on any atom is -0.393 e. The highest BCUT2D eigenvalue weighted by Crippen LogP contribution is 2.15. The van der Waals surface area contributed by atoms with Crippen molar-refractivity contribution in [3.63, 3.8) is 0 Å². The van der Waals surface area contributed by atoms with Crippen molar-refractivity contribution in [2.75, 3.05) is 20.6 Å². The van der Waals surface area contributed by atoms with Crippen LogP contribution in [0.4, 0.5) is 0 Å². The van der Waals surface area contributed by atoms with Gasteiger partial charge in [-0.2, -0.15) is 0 Å². The molecule has 0 radical (unpaired) electrons. The molecular formula is C30H49N7O. The van der Waals surface area contributed by atoms with E-state index in [1.807, 2.05) is 25.5 Å². The summed E-state index contributed by atoms with van der Waals surface area (Å²) in [6, 6.07) is 10.6. The minimum absolute atomic E-state index is 0.0873. The van der Waals surface area contributed by atoms with E-state index in [9.17, 15) is 4.79 Å². The SMILES string of the molecule is CCC(=N)C(=O)/C=C\N/C(=C/NC)CC=N.CCCC(C)CN/C(=C/NC)CC=NC(C)c1ccccc1. The number of carbonyl (C=O) groups is 1. The van der Waals surface area contributed by atoms with Gasteiger partial charge in [-0.3, -0.25) is 9.79 Å². The molecule has 0 amide bonds. The van der Waals surface area contributed by atoms with Crippen LogP contribution < -0.4 is 21.3 Å². The molecule has 1 aromatic rings. The van der Waals surface area contributed by atoms with E-state index in [-0.39, 0.29) is 17.5 Å². The highest BCUT2D eigenvalue weighted by molar-refractivity contribution is 6.42. The van der Waals surface area contributed by atoms with E-state index in [2.05, 4.69) is 71.3 Å². The lowest BCUT2D eigenvalue weighted by Gasteiger charge is -2.14. The molecule has 0 aliphatic heterocycles. The van der Waals surface area contributed by atoms with Gasteiger partial charge in [-0.25, -0.2) is 0 Å². The molecule has 0 aliphatic carbocycles. The second-order valence-corrected chi connectivity index (χ2v) is 8.90. The van der Waals surface area contributed by atoms with Gasteiger partial charge in [0.15, 0.2) is 0 Å². The summed E-state index contributed by atoms with van der Waals surface area (Å²) in [5.41, 5.74) is 3.31. The van der Waals surface area contributed by atoms with Crippen LogP contribution in [-0.2, 0) is 4.79 Å². The molecule has 2 atom stereocenters. The number of nitrogens with zero attached hydrogens (tertiary/aromatic N) is 1. The van der Waals surface area contributed by atoms with Gasteiger partial charge in [0.1, 0.15) is 0 Å². The van der Waals surface area contributed by atoms with Crippen molar-refractivity contribution in [2.24, 2.45) is 10.9 Å². The second kappa shape index (κ2) is 22.5. The van der Waals surface area contributed by atoms with Gasteiger partial charge in [0, 0.05) is 82.0 Å². The van der Waals surface area contributed by atoms with Crippen LogP contribution in [0.3, 0.4) is 0 Å². The van der Waals surface area contributed by atoms with Crippen LogP contribution in [0.1, 0.15) is 71.4 Å². The van der Waals surface area contributed by atoms with E-state index in [0.717, 1.165) is 18.7 Å². The molecule has 0 saturated heterocycles. The minimum atomic E-state index is -0.298. The molecule has 1 rings (SSSR count). The van der Waals surface area contributed by atoms with Gasteiger partial charge in [-0.05, 0) is 31.2 Å². The highest BCUT2D eigenvalue weighted by Gasteiger charge is 2.04. The molecular weight excluding hydrogens is 474 g/mol. The average molecular weight is 524 g/mol. The Balaban J connectivity index is 0.000000761. The molecule has 8 heteroatoms. The number of allylic oxidation sites excluding steroid dienone is 3. The Hall–Kier alpha value is -3.68. The largest absolute Gasteiger partial charge is 0.393 e. The molecule has 6 N–H and O–H groups in total. The Morgan fingerprint density at radius 2 is 1.68 bits per heavy atom. The maximum Gasteiger partial charge on any atom is 0.200 e. The highest BCUT2D eigenvalue weighted by atomic mass is 16.1. The van der Waals surface area contributed by atoms with Crippen molar-refractivity contribution in [1.29, 1.82) is 10.8 Å². The van der Waals surface area contributed by atoms with Crippen molar-refractivity contribution in [3.05, 3.63) is 72.0 Å². The van der Waals surface area contributed by atoms with Gasteiger partial charge in [-0.1, -0.05) is 57.5 Å². The summed E-state index contributed by atoms with van der Waals surface area (Å²) >= 11 is 0. The lowest BCUT2D eigenvalue weighted by molar-refractivity contribution is -0.109. The van der Waals surface area contributed by atoms with E-state index in [1.54, 1.807) is 20.2 Å². The average Bonchev–Trinajstić information content (AvgIpc) is 2.92. The predicted octanol–water partition coefficient (Wildman–Crippen LogP) is 5.48. The third-order valence-electron chi connectivity index (χ3n) is 5.49. The Labute approximate surface area is 230 Å². The number of hydrogen-bond acceptors (Lipinski definition) is 8. The maximum atomic E-state index is 11.2. The molecule has 0 saturated carbocycles. The molecule has 1 aromatic carbocycles. The number of carbonyl (C=O) groups excluding carboxylic acids is 1. The Kier molecular flexibility index (Phi) is 20.3. The van der Waals surface area contributed by atoms with Gasteiger partial charge >= 0.3 is 0 Å². The first-order valence-corrected chi connectivity index (χ1v) is 13.4. The number of rotatable bonds is 18. The smallest absolute Gasteiger partial charge is 0.200 e. The molecule has 38 heavy (non-hydrogen) atoms. The van der Waals surface area contributed by atoms with Crippen molar-refractivity contribution >= 4 is 23.9 Å².